The first-order chi connectivity index (χ1) is 7.91. The highest BCUT2D eigenvalue weighted by Crippen LogP contribution is 2.25. The zero-order valence-corrected chi connectivity index (χ0v) is 9.91. The maximum Gasteiger partial charge on any atom is 0.216 e. The summed E-state index contributed by atoms with van der Waals surface area (Å²) in [4.78, 5) is 10.6. The predicted octanol–water partition coefficient (Wildman–Crippen LogP) is 1.01. The van der Waals surface area contributed by atoms with Crippen LogP contribution >= 0.6 is 11.6 Å². The Labute approximate surface area is 103 Å². The molecule has 0 bridgehead atoms. The number of amides is 1. The molecule has 17 heavy (non-hydrogen) atoms. The highest BCUT2D eigenvalue weighted by Gasteiger charge is 2.21. The monoisotopic (exact) mass is 261 g/mol. The van der Waals surface area contributed by atoms with Crippen molar-refractivity contribution < 1.29 is 19.4 Å². The third kappa shape index (κ3) is 3.96. The number of benzene rings is 1. The van der Waals surface area contributed by atoms with E-state index in [0.717, 1.165) is 12.1 Å². The van der Waals surface area contributed by atoms with Crippen molar-refractivity contribution in [1.29, 1.82) is 0 Å². The van der Waals surface area contributed by atoms with Gasteiger partial charge in [0.25, 0.3) is 0 Å². The lowest BCUT2D eigenvalue weighted by molar-refractivity contribution is -0.119. The Hall–Kier alpha value is -1.17. The molecule has 1 aromatic rings. The van der Waals surface area contributed by atoms with Gasteiger partial charge in [-0.15, -0.1) is 0 Å². The van der Waals surface area contributed by atoms with Gasteiger partial charge in [-0.25, -0.2) is 4.39 Å². The molecule has 2 atom stereocenters. The highest BCUT2D eigenvalue weighted by molar-refractivity contribution is 6.31. The smallest absolute Gasteiger partial charge is 0.216 e. The molecule has 0 saturated heterocycles. The first-order valence-corrected chi connectivity index (χ1v) is 5.35. The van der Waals surface area contributed by atoms with E-state index in [1.807, 2.05) is 0 Å². The average Bonchev–Trinajstić information content (AvgIpc) is 2.25. The van der Waals surface area contributed by atoms with Gasteiger partial charge in [0.05, 0.1) is 0 Å². The Morgan fingerprint density at radius 3 is 2.71 bits per heavy atom. The summed E-state index contributed by atoms with van der Waals surface area (Å²) in [6.07, 6.45) is -2.49. The van der Waals surface area contributed by atoms with Crippen LogP contribution in [0.1, 0.15) is 18.6 Å². The lowest BCUT2D eigenvalue weighted by Crippen LogP contribution is -2.34. The summed E-state index contributed by atoms with van der Waals surface area (Å²) in [6, 6.07) is 3.47. The van der Waals surface area contributed by atoms with Gasteiger partial charge in [-0.1, -0.05) is 17.7 Å². The number of halogens is 2. The summed E-state index contributed by atoms with van der Waals surface area (Å²) in [5.41, 5.74) is 0.214. The van der Waals surface area contributed by atoms with Gasteiger partial charge in [-0.05, 0) is 12.1 Å². The highest BCUT2D eigenvalue weighted by atomic mass is 35.5. The molecule has 0 aliphatic heterocycles. The third-order valence-electron chi connectivity index (χ3n) is 2.21. The first kappa shape index (κ1) is 13.9. The molecule has 3 N–H and O–H groups in total. The fraction of sp³-hybridized carbons (Fsp3) is 0.364. The molecule has 0 fully saturated rings. The minimum Gasteiger partial charge on any atom is -0.388 e. The second-order valence-corrected chi connectivity index (χ2v) is 4.02. The van der Waals surface area contributed by atoms with Crippen molar-refractivity contribution in [2.24, 2.45) is 0 Å². The van der Waals surface area contributed by atoms with E-state index >= 15 is 0 Å². The number of carbonyl (C=O) groups is 1. The molecule has 0 saturated carbocycles. The van der Waals surface area contributed by atoms with Crippen LogP contribution in [0.15, 0.2) is 18.2 Å². The average molecular weight is 262 g/mol. The van der Waals surface area contributed by atoms with Gasteiger partial charge in [0.15, 0.2) is 0 Å². The van der Waals surface area contributed by atoms with Crippen molar-refractivity contribution in [3.8, 4) is 0 Å². The number of carbonyl (C=O) groups excluding carboxylic acids is 1. The van der Waals surface area contributed by atoms with Crippen LogP contribution in [0.4, 0.5) is 4.39 Å². The van der Waals surface area contributed by atoms with Crippen molar-refractivity contribution in [2.45, 2.75) is 19.1 Å². The minimum atomic E-state index is -1.28. The Morgan fingerprint density at radius 2 is 2.18 bits per heavy atom. The number of rotatable bonds is 4. The van der Waals surface area contributed by atoms with Gasteiger partial charge in [0.1, 0.15) is 18.0 Å². The van der Waals surface area contributed by atoms with Gasteiger partial charge in [-0.3, -0.25) is 4.79 Å². The number of aliphatic hydroxyl groups excluding tert-OH is 2. The largest absolute Gasteiger partial charge is 0.388 e. The number of hydrogen-bond acceptors (Lipinski definition) is 3. The van der Waals surface area contributed by atoms with Crippen LogP contribution in [0.2, 0.25) is 5.02 Å². The molecule has 1 amide bonds. The lowest BCUT2D eigenvalue weighted by Gasteiger charge is -2.19. The molecule has 6 heteroatoms. The van der Waals surface area contributed by atoms with Crippen molar-refractivity contribution >= 4 is 17.5 Å². The fourth-order valence-corrected chi connectivity index (χ4v) is 1.59. The van der Waals surface area contributed by atoms with E-state index in [1.165, 1.54) is 13.0 Å². The maximum atomic E-state index is 12.8. The second kappa shape index (κ2) is 5.95. The topological polar surface area (TPSA) is 69.6 Å². The quantitative estimate of drug-likeness (QED) is 0.758. The molecule has 2 unspecified atom stereocenters. The number of nitrogens with one attached hydrogen (secondary N) is 1. The van der Waals surface area contributed by atoms with Gasteiger partial charge in [0.2, 0.25) is 5.91 Å². The van der Waals surface area contributed by atoms with Gasteiger partial charge < -0.3 is 15.5 Å². The molecular weight excluding hydrogens is 249 g/mol. The predicted molar refractivity (Wildman–Crippen MR) is 61.1 cm³/mol. The van der Waals surface area contributed by atoms with Crippen LogP contribution in [0.5, 0.6) is 0 Å². The van der Waals surface area contributed by atoms with E-state index in [2.05, 4.69) is 5.32 Å². The minimum absolute atomic E-state index is 0.0272. The number of aliphatic hydroxyl groups is 2. The summed E-state index contributed by atoms with van der Waals surface area (Å²) in [6.45, 7) is 1.19. The van der Waals surface area contributed by atoms with Crippen LogP contribution in [-0.2, 0) is 4.79 Å². The van der Waals surface area contributed by atoms with E-state index < -0.39 is 18.0 Å². The molecule has 0 spiro atoms. The van der Waals surface area contributed by atoms with Crippen LogP contribution < -0.4 is 5.32 Å². The van der Waals surface area contributed by atoms with E-state index in [0.29, 0.717) is 0 Å². The number of hydrogen-bond donors (Lipinski definition) is 3. The maximum absolute atomic E-state index is 12.8. The summed E-state index contributed by atoms with van der Waals surface area (Å²) in [7, 11) is 0. The van der Waals surface area contributed by atoms with Crippen molar-refractivity contribution in [3.63, 3.8) is 0 Å². The van der Waals surface area contributed by atoms with E-state index in [1.54, 1.807) is 0 Å². The van der Waals surface area contributed by atoms with E-state index in [-0.39, 0.29) is 23.0 Å². The molecule has 0 aliphatic carbocycles. The first-order valence-electron chi connectivity index (χ1n) is 4.97. The Morgan fingerprint density at radius 1 is 1.53 bits per heavy atom. The summed E-state index contributed by atoms with van der Waals surface area (Å²) in [5.74, 6) is -0.844. The molecule has 1 aromatic carbocycles. The standard InChI is InChI=1S/C11H13ClFNO3/c1-6(15)14-5-10(16)11(17)8-3-2-7(13)4-9(8)12/h2-4,10-11,16-17H,5H2,1H3,(H,14,15). The van der Waals surface area contributed by atoms with E-state index in [4.69, 9.17) is 11.6 Å². The third-order valence-corrected chi connectivity index (χ3v) is 2.53. The zero-order chi connectivity index (χ0) is 13.0. The van der Waals surface area contributed by atoms with Gasteiger partial charge in [-0.2, -0.15) is 0 Å². The Kier molecular flexibility index (Phi) is 4.86. The summed E-state index contributed by atoms with van der Waals surface area (Å²) < 4.78 is 12.8. The van der Waals surface area contributed by atoms with Gasteiger partial charge in [0, 0.05) is 24.1 Å². The molecule has 0 radical (unpaired) electrons. The molecule has 1 rings (SSSR count). The van der Waals surface area contributed by atoms with E-state index in [9.17, 15) is 19.4 Å². The molecular formula is C11H13ClFNO3. The van der Waals surface area contributed by atoms with Crippen molar-refractivity contribution in [3.05, 3.63) is 34.6 Å². The molecule has 0 aromatic heterocycles. The van der Waals surface area contributed by atoms with Crippen LogP contribution in [0, 0.1) is 5.82 Å². The molecule has 0 aliphatic rings. The lowest BCUT2D eigenvalue weighted by atomic mass is 10.0. The SMILES string of the molecule is CC(=O)NCC(O)C(O)c1ccc(F)cc1Cl. The Bertz CT molecular complexity index is 414. The molecule has 94 valence electrons. The Balaban J connectivity index is 2.74. The van der Waals surface area contributed by atoms with Crippen molar-refractivity contribution in [1.82, 2.24) is 5.32 Å². The van der Waals surface area contributed by atoms with Crippen molar-refractivity contribution in [2.75, 3.05) is 6.54 Å². The second-order valence-electron chi connectivity index (χ2n) is 3.62. The summed E-state index contributed by atoms with van der Waals surface area (Å²) >= 11 is 5.73. The van der Waals surface area contributed by atoms with Gasteiger partial charge >= 0.3 is 0 Å². The van der Waals surface area contributed by atoms with Crippen LogP contribution in [-0.4, -0.2) is 28.8 Å². The zero-order valence-electron chi connectivity index (χ0n) is 9.15. The van der Waals surface area contributed by atoms with Crippen LogP contribution in [0.25, 0.3) is 0 Å². The molecule has 0 heterocycles. The normalized spacial score (nSPS) is 14.2. The molecule has 4 nitrogen and oxygen atoms in total. The van der Waals surface area contributed by atoms with Crippen LogP contribution in [0.3, 0.4) is 0 Å². The fourth-order valence-electron chi connectivity index (χ4n) is 1.31. The summed E-state index contributed by atoms with van der Waals surface area (Å²) in [5, 5.41) is 21.8.